The van der Waals surface area contributed by atoms with Gasteiger partial charge in [0.15, 0.2) is 0 Å². The highest BCUT2D eigenvalue weighted by atomic mass is 16.4. The molecular formula is C28H21N3O7. The van der Waals surface area contributed by atoms with Crippen molar-refractivity contribution in [3.05, 3.63) is 92.9 Å². The second kappa shape index (κ2) is 9.07. The fourth-order valence-electron chi connectivity index (χ4n) is 4.34. The molecule has 0 radical (unpaired) electrons. The molecule has 0 spiro atoms. The van der Waals surface area contributed by atoms with Crippen molar-refractivity contribution in [1.29, 1.82) is 0 Å². The molecule has 10 nitrogen and oxygen atoms in total. The molecule has 3 aromatic rings. The van der Waals surface area contributed by atoms with Gasteiger partial charge in [0.25, 0.3) is 29.5 Å². The summed E-state index contributed by atoms with van der Waals surface area (Å²) in [5.41, 5.74) is 1.35. The van der Waals surface area contributed by atoms with Crippen LogP contribution in [0.3, 0.4) is 0 Å². The third kappa shape index (κ3) is 4.21. The second-order valence-electron chi connectivity index (χ2n) is 9.14. The van der Waals surface area contributed by atoms with Crippen LogP contribution in [0, 0.1) is 6.92 Å². The van der Waals surface area contributed by atoms with Crippen LogP contribution in [0.4, 0.5) is 11.4 Å². The molecule has 5 amide bonds. The third-order valence-corrected chi connectivity index (χ3v) is 6.27. The van der Waals surface area contributed by atoms with E-state index in [0.717, 1.165) is 15.4 Å². The maximum Gasteiger partial charge on any atom is 0.349 e. The molecule has 0 saturated carbocycles. The van der Waals surface area contributed by atoms with E-state index in [1.54, 1.807) is 12.1 Å². The Morgan fingerprint density at radius 3 is 1.89 bits per heavy atom. The lowest BCUT2D eigenvalue weighted by Gasteiger charge is -2.21. The zero-order valence-corrected chi connectivity index (χ0v) is 20.7. The largest absolute Gasteiger partial charge is 0.422 e. The number of benzene rings is 2. The monoisotopic (exact) mass is 511 g/mol. The first-order valence-electron chi connectivity index (χ1n) is 11.6. The number of anilines is 2. The van der Waals surface area contributed by atoms with Gasteiger partial charge < -0.3 is 9.73 Å². The first kappa shape index (κ1) is 24.6. The summed E-state index contributed by atoms with van der Waals surface area (Å²) in [6.07, 6.45) is 2.38. The maximum absolute atomic E-state index is 12.9. The van der Waals surface area contributed by atoms with E-state index in [0.29, 0.717) is 16.5 Å². The van der Waals surface area contributed by atoms with Crippen LogP contribution in [-0.4, -0.2) is 29.5 Å². The summed E-state index contributed by atoms with van der Waals surface area (Å²) in [6, 6.07) is 11.1. The fourth-order valence-corrected chi connectivity index (χ4v) is 4.34. The van der Waals surface area contributed by atoms with Crippen LogP contribution in [0.2, 0.25) is 0 Å². The Labute approximate surface area is 215 Å². The second-order valence-corrected chi connectivity index (χ2v) is 9.14. The number of hydrogen-bond donors (Lipinski definition) is 1. The summed E-state index contributed by atoms with van der Waals surface area (Å²) in [5, 5.41) is 3.20. The molecule has 0 aliphatic carbocycles. The molecule has 1 N–H and O–H groups in total. The van der Waals surface area contributed by atoms with Gasteiger partial charge >= 0.3 is 5.63 Å². The van der Waals surface area contributed by atoms with Crippen LogP contribution >= 0.6 is 0 Å². The van der Waals surface area contributed by atoms with Gasteiger partial charge in [0.05, 0.1) is 11.4 Å². The Morgan fingerprint density at radius 2 is 1.37 bits per heavy atom. The molecule has 3 heterocycles. The highest BCUT2D eigenvalue weighted by molar-refractivity contribution is 6.32. The van der Waals surface area contributed by atoms with Crippen molar-refractivity contribution in [3.8, 4) is 0 Å². The topological polar surface area (TPSA) is 134 Å². The molecule has 1 aromatic heterocycles. The zero-order chi connectivity index (χ0) is 27.3. The molecule has 5 rings (SSSR count). The van der Waals surface area contributed by atoms with Crippen molar-refractivity contribution in [2.24, 2.45) is 0 Å². The van der Waals surface area contributed by atoms with Gasteiger partial charge in [0, 0.05) is 35.2 Å². The number of carbonyl (C=O) groups excluding carboxylic acids is 5. The van der Waals surface area contributed by atoms with Crippen LogP contribution < -0.4 is 20.7 Å². The minimum atomic E-state index is -0.806. The molecule has 2 aliphatic rings. The summed E-state index contributed by atoms with van der Waals surface area (Å²) in [6.45, 7) is 4.71. The number of amides is 5. The maximum atomic E-state index is 12.9. The van der Waals surface area contributed by atoms with E-state index in [-0.39, 0.29) is 34.6 Å². The normalized spacial score (nSPS) is 15.4. The van der Waals surface area contributed by atoms with E-state index in [1.165, 1.54) is 50.3 Å². The fraction of sp³-hybridized carbons (Fsp3) is 0.143. The number of rotatable bonds is 5. The first-order valence-corrected chi connectivity index (χ1v) is 11.6. The van der Waals surface area contributed by atoms with E-state index in [1.807, 2.05) is 13.0 Å². The Balaban J connectivity index is 1.48. The average Bonchev–Trinajstić information content (AvgIpc) is 3.27. The molecule has 190 valence electrons. The number of fused-ring (bicyclic) bond motifs is 1. The Bertz CT molecular complexity index is 1660. The van der Waals surface area contributed by atoms with Gasteiger partial charge in [-0.2, -0.15) is 0 Å². The molecule has 0 atom stereocenters. The molecular weight excluding hydrogens is 490 g/mol. The van der Waals surface area contributed by atoms with E-state index in [9.17, 15) is 28.8 Å². The lowest BCUT2D eigenvalue weighted by molar-refractivity contribution is -0.121. The van der Waals surface area contributed by atoms with Crippen LogP contribution in [0.15, 0.2) is 75.0 Å². The number of imide groups is 2. The lowest BCUT2D eigenvalue weighted by atomic mass is 10.1. The summed E-state index contributed by atoms with van der Waals surface area (Å²) in [4.78, 5) is 77.4. The molecule has 2 aliphatic heterocycles. The Hall–Kier alpha value is -5.12. The van der Waals surface area contributed by atoms with Crippen molar-refractivity contribution in [2.45, 2.75) is 27.3 Å². The summed E-state index contributed by atoms with van der Waals surface area (Å²) < 4.78 is 5.30. The Morgan fingerprint density at radius 1 is 0.789 bits per heavy atom. The number of hydrogen-bond acceptors (Lipinski definition) is 7. The number of nitrogens with zero attached hydrogens (tertiary/aromatic N) is 2. The summed E-state index contributed by atoms with van der Waals surface area (Å²) in [7, 11) is 0. The third-order valence-electron chi connectivity index (χ3n) is 6.27. The standard InChI is InChI=1S/C28H21N3O7/c1-14-4-5-18-11-21(28(37)38-22(18)6-14)25(34)29-13-17-9-19(30-23(32)7-15(2)26(30)35)12-20(10-17)31-24(33)8-16(3)27(31)36/h4-12H,13H2,1-3H3,(H,29,34). The molecule has 0 fully saturated rings. The lowest BCUT2D eigenvalue weighted by Crippen LogP contribution is -2.33. The predicted molar refractivity (Wildman–Crippen MR) is 137 cm³/mol. The van der Waals surface area contributed by atoms with Gasteiger partial charge in [-0.25, -0.2) is 14.6 Å². The first-order chi connectivity index (χ1) is 18.0. The van der Waals surface area contributed by atoms with Gasteiger partial charge in [-0.15, -0.1) is 0 Å². The van der Waals surface area contributed by atoms with Crippen molar-refractivity contribution in [3.63, 3.8) is 0 Å². The molecule has 2 aromatic carbocycles. The van der Waals surface area contributed by atoms with E-state index < -0.39 is 35.2 Å². The molecule has 0 bridgehead atoms. The van der Waals surface area contributed by atoms with Crippen LogP contribution in [-0.2, 0) is 25.7 Å². The van der Waals surface area contributed by atoms with Gasteiger partial charge in [-0.3, -0.25) is 24.0 Å². The van der Waals surface area contributed by atoms with Gasteiger partial charge in [0.2, 0.25) is 0 Å². The summed E-state index contributed by atoms with van der Waals surface area (Å²) in [5.74, 6) is -2.93. The van der Waals surface area contributed by atoms with Crippen LogP contribution in [0.25, 0.3) is 11.0 Å². The smallest absolute Gasteiger partial charge is 0.349 e. The molecule has 0 saturated heterocycles. The van der Waals surface area contributed by atoms with Crippen LogP contribution in [0.5, 0.6) is 0 Å². The Kier molecular flexibility index (Phi) is 5.87. The van der Waals surface area contributed by atoms with E-state index >= 15 is 0 Å². The number of nitrogens with one attached hydrogen (secondary N) is 1. The van der Waals surface area contributed by atoms with Gasteiger partial charge in [0.1, 0.15) is 11.1 Å². The van der Waals surface area contributed by atoms with Gasteiger partial charge in [-0.05, 0) is 62.2 Å². The van der Waals surface area contributed by atoms with Crippen molar-refractivity contribution < 1.29 is 28.4 Å². The SMILES string of the molecule is CC1=CC(=O)N(c2cc(CNC(=O)c3cc4ccc(C)cc4oc3=O)cc(N3C(=O)C=C(C)C3=O)c2)C1=O. The van der Waals surface area contributed by atoms with E-state index in [2.05, 4.69) is 5.32 Å². The highest BCUT2D eigenvalue weighted by Crippen LogP contribution is 2.31. The van der Waals surface area contributed by atoms with E-state index in [4.69, 9.17) is 4.42 Å². The molecule has 38 heavy (non-hydrogen) atoms. The summed E-state index contributed by atoms with van der Waals surface area (Å²) >= 11 is 0. The van der Waals surface area contributed by atoms with Crippen molar-refractivity contribution >= 4 is 51.9 Å². The average molecular weight is 511 g/mol. The van der Waals surface area contributed by atoms with Crippen LogP contribution in [0.1, 0.15) is 35.3 Å². The minimum Gasteiger partial charge on any atom is -0.422 e. The molecule has 10 heteroatoms. The molecule has 0 unspecified atom stereocenters. The zero-order valence-electron chi connectivity index (χ0n) is 20.7. The van der Waals surface area contributed by atoms with Gasteiger partial charge in [-0.1, -0.05) is 12.1 Å². The van der Waals surface area contributed by atoms with Crippen molar-refractivity contribution in [1.82, 2.24) is 5.32 Å². The van der Waals surface area contributed by atoms with Crippen molar-refractivity contribution in [2.75, 3.05) is 9.80 Å². The number of carbonyl (C=O) groups is 5. The highest BCUT2D eigenvalue weighted by Gasteiger charge is 2.33. The number of aryl methyl sites for hydroxylation is 1. The minimum absolute atomic E-state index is 0.126. The predicted octanol–water partition coefficient (Wildman–Crippen LogP) is 2.67. The quantitative estimate of drug-likeness (QED) is 0.411.